The zero-order chi connectivity index (χ0) is 24.6. The van der Waals surface area contributed by atoms with Gasteiger partial charge < -0.3 is 16.0 Å². The van der Waals surface area contributed by atoms with Crippen molar-refractivity contribution < 1.29 is 14.4 Å². The van der Waals surface area contributed by atoms with Gasteiger partial charge >= 0.3 is 0 Å². The van der Waals surface area contributed by atoms with E-state index in [0.29, 0.717) is 16.4 Å². The number of carbonyl (C=O) groups is 3. The summed E-state index contributed by atoms with van der Waals surface area (Å²) in [6, 6.07) is 25.1. The molecular formula is C27H24N4O3S. The smallest absolute Gasteiger partial charge is 0.251 e. The lowest BCUT2D eigenvalue weighted by atomic mass is 10.0. The summed E-state index contributed by atoms with van der Waals surface area (Å²) in [5.74, 6) is -0.634. The number of carbonyl (C=O) groups excluding carboxylic acids is 3. The van der Waals surface area contributed by atoms with E-state index in [4.69, 9.17) is 0 Å². The second-order valence-corrected chi connectivity index (χ2v) is 8.71. The van der Waals surface area contributed by atoms with Crippen molar-refractivity contribution in [1.29, 1.82) is 0 Å². The Labute approximate surface area is 207 Å². The van der Waals surface area contributed by atoms with Crippen molar-refractivity contribution in [1.82, 2.24) is 10.3 Å². The minimum Gasteiger partial charge on any atom is -0.345 e. The van der Waals surface area contributed by atoms with Gasteiger partial charge in [0.1, 0.15) is 0 Å². The molecule has 4 rings (SSSR count). The number of anilines is 2. The van der Waals surface area contributed by atoms with Gasteiger partial charge in [-0.1, -0.05) is 60.7 Å². The summed E-state index contributed by atoms with van der Waals surface area (Å²) in [5, 5.41) is 10.9. The molecule has 1 aromatic heterocycles. The summed E-state index contributed by atoms with van der Waals surface area (Å²) in [6.07, 6.45) is 0.0584. The Hall–Kier alpha value is -4.30. The number of amides is 3. The molecule has 35 heavy (non-hydrogen) atoms. The number of hydrogen-bond donors (Lipinski definition) is 3. The lowest BCUT2D eigenvalue weighted by molar-refractivity contribution is -0.116. The van der Waals surface area contributed by atoms with Crippen LogP contribution in [0.1, 0.15) is 35.3 Å². The number of thiazole rings is 1. The molecule has 176 valence electrons. The SMILES string of the molecule is CC(=O)Nc1ccc(-c2csc(NC(=O)CC(NC(=O)c3ccccc3)c3ccccc3)n2)cc1. The molecule has 0 bridgehead atoms. The van der Waals surface area contributed by atoms with Gasteiger partial charge in [-0.05, 0) is 29.8 Å². The summed E-state index contributed by atoms with van der Waals surface area (Å²) in [5.41, 5.74) is 3.66. The zero-order valence-electron chi connectivity index (χ0n) is 19.0. The predicted octanol–water partition coefficient (Wildman–Crippen LogP) is 5.27. The van der Waals surface area contributed by atoms with E-state index < -0.39 is 6.04 Å². The highest BCUT2D eigenvalue weighted by Crippen LogP contribution is 2.27. The minimum absolute atomic E-state index is 0.0584. The quantitative estimate of drug-likeness (QED) is 0.317. The summed E-state index contributed by atoms with van der Waals surface area (Å²) in [6.45, 7) is 1.46. The van der Waals surface area contributed by atoms with Crippen LogP contribution in [-0.2, 0) is 9.59 Å². The molecule has 0 aliphatic heterocycles. The highest BCUT2D eigenvalue weighted by Gasteiger charge is 2.20. The first-order chi connectivity index (χ1) is 17.0. The topological polar surface area (TPSA) is 100 Å². The third kappa shape index (κ3) is 6.61. The Kier molecular flexibility index (Phi) is 7.64. The number of nitrogens with zero attached hydrogens (tertiary/aromatic N) is 1. The Balaban J connectivity index is 1.43. The van der Waals surface area contributed by atoms with E-state index in [2.05, 4.69) is 20.9 Å². The van der Waals surface area contributed by atoms with Crippen molar-refractivity contribution in [3.05, 3.63) is 101 Å². The fraction of sp³-hybridized carbons (Fsp3) is 0.111. The molecule has 3 N–H and O–H groups in total. The molecule has 0 aliphatic carbocycles. The molecule has 0 saturated heterocycles. The normalized spacial score (nSPS) is 11.3. The molecule has 7 nitrogen and oxygen atoms in total. The Morgan fingerprint density at radius 3 is 2.17 bits per heavy atom. The van der Waals surface area contributed by atoms with Gasteiger partial charge in [-0.3, -0.25) is 14.4 Å². The molecule has 1 heterocycles. The second kappa shape index (κ2) is 11.2. The maximum Gasteiger partial charge on any atom is 0.251 e. The fourth-order valence-electron chi connectivity index (χ4n) is 3.52. The molecule has 3 amide bonds. The third-order valence-corrected chi connectivity index (χ3v) is 5.94. The van der Waals surface area contributed by atoms with E-state index in [1.54, 1.807) is 36.4 Å². The molecule has 0 saturated carbocycles. The molecule has 0 radical (unpaired) electrons. The number of nitrogens with one attached hydrogen (secondary N) is 3. The van der Waals surface area contributed by atoms with Gasteiger partial charge in [0.05, 0.1) is 18.2 Å². The van der Waals surface area contributed by atoms with Crippen molar-refractivity contribution in [2.75, 3.05) is 10.6 Å². The van der Waals surface area contributed by atoms with Crippen molar-refractivity contribution in [3.8, 4) is 11.3 Å². The summed E-state index contributed by atoms with van der Waals surface area (Å²) >= 11 is 1.32. The maximum absolute atomic E-state index is 12.9. The van der Waals surface area contributed by atoms with Gasteiger partial charge in [0.25, 0.3) is 5.91 Å². The first-order valence-corrected chi connectivity index (χ1v) is 11.9. The van der Waals surface area contributed by atoms with Crippen LogP contribution in [-0.4, -0.2) is 22.7 Å². The Morgan fingerprint density at radius 1 is 0.857 bits per heavy atom. The van der Waals surface area contributed by atoms with Gasteiger partial charge in [0.2, 0.25) is 11.8 Å². The maximum atomic E-state index is 12.9. The molecule has 0 fully saturated rings. The zero-order valence-corrected chi connectivity index (χ0v) is 19.8. The van der Waals surface area contributed by atoms with Crippen LogP contribution < -0.4 is 16.0 Å². The highest BCUT2D eigenvalue weighted by molar-refractivity contribution is 7.14. The summed E-state index contributed by atoms with van der Waals surface area (Å²) in [7, 11) is 0. The van der Waals surface area contributed by atoms with Crippen LogP contribution in [0.15, 0.2) is 90.3 Å². The van der Waals surface area contributed by atoms with Crippen LogP contribution >= 0.6 is 11.3 Å². The lowest BCUT2D eigenvalue weighted by Gasteiger charge is -2.19. The van der Waals surface area contributed by atoms with Crippen LogP contribution in [0.25, 0.3) is 11.3 Å². The number of aromatic nitrogens is 1. The molecular weight excluding hydrogens is 460 g/mol. The van der Waals surface area contributed by atoms with E-state index in [-0.39, 0.29) is 24.1 Å². The molecule has 4 aromatic rings. The second-order valence-electron chi connectivity index (χ2n) is 7.85. The van der Waals surface area contributed by atoms with Crippen molar-refractivity contribution in [3.63, 3.8) is 0 Å². The number of benzene rings is 3. The summed E-state index contributed by atoms with van der Waals surface area (Å²) < 4.78 is 0. The van der Waals surface area contributed by atoms with Crippen LogP contribution in [0.5, 0.6) is 0 Å². The standard InChI is InChI=1S/C27H24N4O3S/c1-18(32)28-22-14-12-20(13-15-22)24-17-35-27(30-24)31-25(33)16-23(19-8-4-2-5-9-19)29-26(34)21-10-6-3-7-11-21/h2-15,17,23H,16H2,1H3,(H,28,32)(H,29,34)(H,30,31,33). The summed E-state index contributed by atoms with van der Waals surface area (Å²) in [4.78, 5) is 41.3. The van der Waals surface area contributed by atoms with Gasteiger partial charge in [-0.2, -0.15) is 0 Å². The Morgan fingerprint density at radius 2 is 1.51 bits per heavy atom. The van der Waals surface area contributed by atoms with Gasteiger partial charge in [-0.15, -0.1) is 11.3 Å². The monoisotopic (exact) mass is 484 g/mol. The largest absolute Gasteiger partial charge is 0.345 e. The molecule has 0 spiro atoms. The van der Waals surface area contributed by atoms with Gasteiger partial charge in [0, 0.05) is 29.1 Å². The lowest BCUT2D eigenvalue weighted by Crippen LogP contribution is -2.31. The number of rotatable bonds is 8. The average Bonchev–Trinajstić information content (AvgIpc) is 3.33. The molecule has 0 aliphatic rings. The third-order valence-electron chi connectivity index (χ3n) is 5.18. The van der Waals surface area contributed by atoms with E-state index in [1.165, 1.54) is 18.3 Å². The van der Waals surface area contributed by atoms with E-state index in [0.717, 1.165) is 16.8 Å². The average molecular weight is 485 g/mol. The molecule has 3 aromatic carbocycles. The fourth-order valence-corrected chi connectivity index (χ4v) is 4.25. The highest BCUT2D eigenvalue weighted by atomic mass is 32.1. The van der Waals surface area contributed by atoms with Crippen LogP contribution in [0, 0.1) is 0 Å². The van der Waals surface area contributed by atoms with Crippen LogP contribution in [0.4, 0.5) is 10.8 Å². The van der Waals surface area contributed by atoms with E-state index >= 15 is 0 Å². The first kappa shape index (κ1) is 23.8. The molecule has 8 heteroatoms. The van der Waals surface area contributed by atoms with Gasteiger partial charge in [0.15, 0.2) is 5.13 Å². The number of hydrogen-bond acceptors (Lipinski definition) is 5. The minimum atomic E-state index is -0.496. The van der Waals surface area contributed by atoms with E-state index in [1.807, 2.05) is 53.9 Å². The molecule has 1 atom stereocenters. The van der Waals surface area contributed by atoms with Crippen molar-refractivity contribution in [2.45, 2.75) is 19.4 Å². The van der Waals surface area contributed by atoms with Crippen molar-refractivity contribution in [2.24, 2.45) is 0 Å². The Bertz CT molecular complexity index is 1310. The van der Waals surface area contributed by atoms with Crippen LogP contribution in [0.3, 0.4) is 0 Å². The van der Waals surface area contributed by atoms with Crippen molar-refractivity contribution >= 4 is 39.9 Å². The molecule has 1 unspecified atom stereocenters. The van der Waals surface area contributed by atoms with Crippen LogP contribution in [0.2, 0.25) is 0 Å². The predicted molar refractivity (Wildman–Crippen MR) is 138 cm³/mol. The van der Waals surface area contributed by atoms with Gasteiger partial charge in [-0.25, -0.2) is 4.98 Å². The van der Waals surface area contributed by atoms with E-state index in [9.17, 15) is 14.4 Å². The first-order valence-electron chi connectivity index (χ1n) is 11.0.